The number of piperidine rings is 1. The van der Waals surface area contributed by atoms with Crippen LogP contribution < -0.4 is 0 Å². The van der Waals surface area contributed by atoms with Crippen molar-refractivity contribution >= 4 is 5.78 Å². The Kier molecular flexibility index (Phi) is 3.94. The molecule has 0 N–H and O–H groups in total. The highest BCUT2D eigenvalue weighted by molar-refractivity contribution is 5.94. The summed E-state index contributed by atoms with van der Waals surface area (Å²) >= 11 is 0. The van der Waals surface area contributed by atoms with Crippen molar-refractivity contribution in [2.24, 2.45) is 5.92 Å². The first kappa shape index (κ1) is 11.6. The molecule has 16 heavy (non-hydrogen) atoms. The number of hydrogen-bond donors (Lipinski definition) is 0. The summed E-state index contributed by atoms with van der Waals surface area (Å²) in [5, 5.41) is 0. The molecule has 0 aromatic heterocycles. The second kappa shape index (κ2) is 5.44. The maximum Gasteiger partial charge on any atom is 0.164 e. The number of ketones is 1. The molecule has 1 saturated heterocycles. The van der Waals surface area contributed by atoms with Gasteiger partial charge in [-0.2, -0.15) is 0 Å². The summed E-state index contributed by atoms with van der Waals surface area (Å²) in [6.07, 6.45) is 12.6. The Labute approximate surface area is 98.0 Å². The van der Waals surface area contributed by atoms with Gasteiger partial charge in [-0.05, 0) is 38.4 Å². The van der Waals surface area contributed by atoms with Crippen LogP contribution in [0, 0.1) is 5.92 Å². The zero-order chi connectivity index (χ0) is 11.4. The van der Waals surface area contributed by atoms with Crippen LogP contribution in [0.4, 0.5) is 0 Å². The molecule has 2 aliphatic rings. The van der Waals surface area contributed by atoms with Gasteiger partial charge in [0.25, 0.3) is 0 Å². The van der Waals surface area contributed by atoms with Gasteiger partial charge in [0.2, 0.25) is 0 Å². The van der Waals surface area contributed by atoms with E-state index in [4.69, 9.17) is 0 Å². The van der Waals surface area contributed by atoms with E-state index in [9.17, 15) is 4.79 Å². The molecule has 0 aromatic rings. The molecular weight excluding hydrogens is 198 g/mol. The van der Waals surface area contributed by atoms with Gasteiger partial charge in [-0.15, -0.1) is 0 Å². The molecule has 1 aliphatic heterocycles. The van der Waals surface area contributed by atoms with E-state index in [1.165, 1.54) is 32.4 Å². The summed E-state index contributed by atoms with van der Waals surface area (Å²) in [6.45, 7) is 4.53. The van der Waals surface area contributed by atoms with Crippen molar-refractivity contribution in [3.8, 4) is 0 Å². The Morgan fingerprint density at radius 3 is 2.69 bits per heavy atom. The van der Waals surface area contributed by atoms with Crippen LogP contribution in [0.15, 0.2) is 24.3 Å². The number of rotatable bonds is 3. The third kappa shape index (κ3) is 2.43. The highest BCUT2D eigenvalue weighted by atomic mass is 16.1. The van der Waals surface area contributed by atoms with Crippen LogP contribution >= 0.6 is 0 Å². The van der Waals surface area contributed by atoms with Gasteiger partial charge in [0.15, 0.2) is 5.78 Å². The van der Waals surface area contributed by atoms with Gasteiger partial charge in [0.05, 0.1) is 5.92 Å². The molecule has 1 aliphatic carbocycles. The van der Waals surface area contributed by atoms with Crippen molar-refractivity contribution in [2.45, 2.75) is 38.6 Å². The lowest BCUT2D eigenvalue weighted by Gasteiger charge is -2.37. The number of carbonyl (C=O) groups excluding carboxylic acids is 1. The Morgan fingerprint density at radius 1 is 1.31 bits per heavy atom. The summed E-state index contributed by atoms with van der Waals surface area (Å²) in [5.41, 5.74) is 0. The van der Waals surface area contributed by atoms with Crippen LogP contribution in [0.5, 0.6) is 0 Å². The van der Waals surface area contributed by atoms with Crippen LogP contribution in [0.1, 0.15) is 32.6 Å². The molecular formula is C14H21NO. The van der Waals surface area contributed by atoms with Crippen LogP contribution in [0.2, 0.25) is 0 Å². The van der Waals surface area contributed by atoms with E-state index in [-0.39, 0.29) is 11.7 Å². The Morgan fingerprint density at radius 2 is 2.06 bits per heavy atom. The minimum absolute atomic E-state index is 0.0908. The quantitative estimate of drug-likeness (QED) is 0.727. The fourth-order valence-electron chi connectivity index (χ4n) is 2.85. The van der Waals surface area contributed by atoms with Crippen LogP contribution in [-0.2, 0) is 4.79 Å². The largest absolute Gasteiger partial charge is 0.299 e. The number of likely N-dealkylation sites (tertiary alicyclic amines) is 1. The standard InChI is InChI=1S/C14H21NO/c1-2-13(15-10-6-3-7-11-15)12-8-4-5-9-14(12)16/h4-5,8-9,12-13H,2-3,6-7,10-11H2,1H3. The van der Waals surface area contributed by atoms with Crippen molar-refractivity contribution in [2.75, 3.05) is 13.1 Å². The molecule has 0 saturated carbocycles. The Balaban J connectivity index is 2.06. The molecule has 88 valence electrons. The molecule has 2 atom stereocenters. The van der Waals surface area contributed by atoms with Gasteiger partial charge in [-0.1, -0.05) is 31.6 Å². The second-order valence-electron chi connectivity index (χ2n) is 4.74. The summed E-state index contributed by atoms with van der Waals surface area (Å²) in [7, 11) is 0. The Hall–Kier alpha value is -0.890. The summed E-state index contributed by atoms with van der Waals surface area (Å²) in [4.78, 5) is 14.4. The van der Waals surface area contributed by atoms with Crippen molar-refractivity contribution in [1.29, 1.82) is 0 Å². The van der Waals surface area contributed by atoms with E-state index < -0.39 is 0 Å². The molecule has 0 aromatic carbocycles. The first-order valence-electron chi connectivity index (χ1n) is 6.45. The van der Waals surface area contributed by atoms with Crippen molar-refractivity contribution in [3.05, 3.63) is 24.3 Å². The molecule has 0 amide bonds. The molecule has 2 heteroatoms. The number of allylic oxidation sites excluding steroid dienone is 3. The fourth-order valence-corrected chi connectivity index (χ4v) is 2.85. The third-order valence-corrected chi connectivity index (χ3v) is 3.71. The maximum atomic E-state index is 11.9. The highest BCUT2D eigenvalue weighted by Gasteiger charge is 2.29. The van der Waals surface area contributed by atoms with E-state index in [1.807, 2.05) is 12.2 Å². The number of hydrogen-bond acceptors (Lipinski definition) is 2. The number of nitrogens with zero attached hydrogens (tertiary/aromatic N) is 1. The van der Waals surface area contributed by atoms with E-state index in [2.05, 4.69) is 17.9 Å². The summed E-state index contributed by atoms with van der Waals surface area (Å²) in [6, 6.07) is 0.411. The minimum atomic E-state index is 0.0908. The normalized spacial score (nSPS) is 28.3. The minimum Gasteiger partial charge on any atom is -0.299 e. The highest BCUT2D eigenvalue weighted by Crippen LogP contribution is 2.23. The predicted molar refractivity (Wildman–Crippen MR) is 66.3 cm³/mol. The maximum absolute atomic E-state index is 11.9. The topological polar surface area (TPSA) is 20.3 Å². The van der Waals surface area contributed by atoms with Crippen LogP contribution in [-0.4, -0.2) is 29.8 Å². The smallest absolute Gasteiger partial charge is 0.164 e. The van der Waals surface area contributed by atoms with E-state index in [0.717, 1.165) is 6.42 Å². The fraction of sp³-hybridized carbons (Fsp3) is 0.643. The average Bonchev–Trinajstić information content (AvgIpc) is 2.34. The molecule has 2 unspecified atom stereocenters. The van der Waals surface area contributed by atoms with E-state index >= 15 is 0 Å². The second-order valence-corrected chi connectivity index (χ2v) is 4.74. The van der Waals surface area contributed by atoms with Crippen LogP contribution in [0.25, 0.3) is 0 Å². The first-order valence-corrected chi connectivity index (χ1v) is 6.45. The lowest BCUT2D eigenvalue weighted by atomic mass is 9.88. The lowest BCUT2D eigenvalue weighted by molar-refractivity contribution is -0.119. The predicted octanol–water partition coefficient (Wildman–Crippen LogP) is 2.56. The number of carbonyl (C=O) groups is 1. The molecule has 0 radical (unpaired) electrons. The van der Waals surface area contributed by atoms with Crippen LogP contribution in [0.3, 0.4) is 0 Å². The van der Waals surface area contributed by atoms with Gasteiger partial charge in [-0.25, -0.2) is 0 Å². The lowest BCUT2D eigenvalue weighted by Crippen LogP contribution is -2.45. The molecule has 2 nitrogen and oxygen atoms in total. The third-order valence-electron chi connectivity index (χ3n) is 3.71. The zero-order valence-electron chi connectivity index (χ0n) is 10.1. The van der Waals surface area contributed by atoms with Crippen molar-refractivity contribution in [1.82, 2.24) is 4.90 Å². The first-order chi connectivity index (χ1) is 7.83. The van der Waals surface area contributed by atoms with Gasteiger partial charge in [0.1, 0.15) is 0 Å². The molecule has 2 rings (SSSR count). The molecule has 0 spiro atoms. The zero-order valence-corrected chi connectivity index (χ0v) is 10.1. The molecule has 1 fully saturated rings. The Bertz CT molecular complexity index is 300. The van der Waals surface area contributed by atoms with Crippen molar-refractivity contribution < 1.29 is 4.79 Å². The SMILES string of the molecule is CCC(C1C=CC=CC1=O)N1CCCCC1. The van der Waals surface area contributed by atoms with E-state index in [0.29, 0.717) is 6.04 Å². The van der Waals surface area contributed by atoms with Gasteiger partial charge < -0.3 is 0 Å². The van der Waals surface area contributed by atoms with Gasteiger partial charge >= 0.3 is 0 Å². The van der Waals surface area contributed by atoms with Crippen molar-refractivity contribution in [3.63, 3.8) is 0 Å². The summed E-state index contributed by atoms with van der Waals surface area (Å²) in [5.74, 6) is 0.369. The van der Waals surface area contributed by atoms with Gasteiger partial charge in [0, 0.05) is 6.04 Å². The summed E-state index contributed by atoms with van der Waals surface area (Å²) < 4.78 is 0. The monoisotopic (exact) mass is 219 g/mol. The average molecular weight is 219 g/mol. The van der Waals surface area contributed by atoms with Gasteiger partial charge in [-0.3, -0.25) is 9.69 Å². The van der Waals surface area contributed by atoms with E-state index in [1.54, 1.807) is 6.08 Å². The molecule has 1 heterocycles. The molecule has 0 bridgehead atoms.